The number of nitrogens with zero attached hydrogens (tertiary/aromatic N) is 1. The van der Waals surface area contributed by atoms with Crippen molar-refractivity contribution in [3.63, 3.8) is 0 Å². The SMILES string of the molecule is CCN1C(=O)CC(C)(C(C)(C)C)C1=O. The first-order chi connectivity index (χ1) is 6.24. The van der Waals surface area contributed by atoms with Crippen LogP contribution in [0.25, 0.3) is 0 Å². The van der Waals surface area contributed by atoms with Crippen molar-refractivity contribution < 1.29 is 9.59 Å². The molecule has 0 aromatic rings. The highest BCUT2D eigenvalue weighted by Gasteiger charge is 2.53. The van der Waals surface area contributed by atoms with Crippen LogP contribution in [0.5, 0.6) is 0 Å². The Morgan fingerprint density at radius 2 is 1.86 bits per heavy atom. The van der Waals surface area contributed by atoms with E-state index in [1.165, 1.54) is 4.90 Å². The zero-order valence-electron chi connectivity index (χ0n) is 9.68. The number of carbonyl (C=O) groups excluding carboxylic acids is 2. The first-order valence-electron chi connectivity index (χ1n) is 5.09. The molecule has 1 atom stereocenters. The van der Waals surface area contributed by atoms with Gasteiger partial charge in [-0.1, -0.05) is 20.8 Å². The molecule has 0 N–H and O–H groups in total. The maximum absolute atomic E-state index is 12.0. The second-order valence-electron chi connectivity index (χ2n) is 5.20. The van der Waals surface area contributed by atoms with Crippen LogP contribution < -0.4 is 0 Å². The lowest BCUT2D eigenvalue weighted by Crippen LogP contribution is -2.41. The maximum atomic E-state index is 12.0. The van der Waals surface area contributed by atoms with Gasteiger partial charge in [-0.05, 0) is 19.3 Å². The quantitative estimate of drug-likeness (QED) is 0.601. The molecule has 80 valence electrons. The van der Waals surface area contributed by atoms with Crippen molar-refractivity contribution >= 4 is 11.8 Å². The lowest BCUT2D eigenvalue weighted by Gasteiger charge is -2.35. The Hall–Kier alpha value is -0.860. The van der Waals surface area contributed by atoms with Crippen LogP contribution >= 0.6 is 0 Å². The third-order valence-electron chi connectivity index (χ3n) is 3.49. The van der Waals surface area contributed by atoms with Gasteiger partial charge in [-0.25, -0.2) is 0 Å². The van der Waals surface area contributed by atoms with Crippen LogP contribution in [0.4, 0.5) is 0 Å². The summed E-state index contributed by atoms with van der Waals surface area (Å²) in [4.78, 5) is 25.0. The van der Waals surface area contributed by atoms with Gasteiger partial charge in [0.1, 0.15) is 0 Å². The summed E-state index contributed by atoms with van der Waals surface area (Å²) in [5.41, 5.74) is -0.691. The van der Waals surface area contributed by atoms with Crippen molar-refractivity contribution in [1.29, 1.82) is 0 Å². The lowest BCUT2D eigenvalue weighted by atomic mass is 9.67. The molecule has 0 saturated carbocycles. The molecule has 0 spiro atoms. The second kappa shape index (κ2) is 3.07. The Bertz CT molecular complexity index is 278. The predicted molar refractivity (Wildman–Crippen MR) is 54.6 cm³/mol. The van der Waals surface area contributed by atoms with Gasteiger partial charge in [-0.2, -0.15) is 0 Å². The first kappa shape index (κ1) is 11.2. The Kier molecular flexibility index (Phi) is 2.46. The number of amides is 2. The average Bonchev–Trinajstić information content (AvgIpc) is 2.23. The summed E-state index contributed by atoms with van der Waals surface area (Å²) in [6, 6.07) is 0. The summed E-state index contributed by atoms with van der Waals surface area (Å²) in [5.74, 6) is -0.0487. The third-order valence-corrected chi connectivity index (χ3v) is 3.49. The van der Waals surface area contributed by atoms with Crippen LogP contribution in [-0.4, -0.2) is 23.3 Å². The number of hydrogen-bond donors (Lipinski definition) is 0. The number of carbonyl (C=O) groups is 2. The highest BCUT2D eigenvalue weighted by Crippen LogP contribution is 2.46. The van der Waals surface area contributed by atoms with Gasteiger partial charge in [0.05, 0.1) is 5.41 Å². The monoisotopic (exact) mass is 197 g/mol. The van der Waals surface area contributed by atoms with Crippen molar-refractivity contribution in [3.05, 3.63) is 0 Å². The van der Waals surface area contributed by atoms with E-state index in [0.717, 1.165) is 0 Å². The summed E-state index contributed by atoms with van der Waals surface area (Å²) >= 11 is 0. The van der Waals surface area contributed by atoms with Gasteiger partial charge < -0.3 is 0 Å². The molecule has 2 amide bonds. The summed E-state index contributed by atoms with van der Waals surface area (Å²) in [5, 5.41) is 0. The smallest absolute Gasteiger partial charge is 0.236 e. The molecule has 1 saturated heterocycles. The van der Waals surface area contributed by atoms with Gasteiger partial charge in [-0.3, -0.25) is 14.5 Å². The molecule has 0 aromatic heterocycles. The molecule has 0 bridgehead atoms. The minimum Gasteiger partial charge on any atom is -0.282 e. The maximum Gasteiger partial charge on any atom is 0.236 e. The van der Waals surface area contributed by atoms with Gasteiger partial charge in [-0.15, -0.1) is 0 Å². The van der Waals surface area contributed by atoms with Crippen molar-refractivity contribution in [3.8, 4) is 0 Å². The topological polar surface area (TPSA) is 37.4 Å². The minimum absolute atomic E-state index is 0.0162. The van der Waals surface area contributed by atoms with Crippen LogP contribution in [0, 0.1) is 10.8 Å². The Morgan fingerprint density at radius 3 is 2.07 bits per heavy atom. The van der Waals surface area contributed by atoms with Crippen molar-refractivity contribution in [2.45, 2.75) is 41.0 Å². The van der Waals surface area contributed by atoms with E-state index < -0.39 is 5.41 Å². The normalized spacial score (nSPS) is 28.8. The Morgan fingerprint density at radius 1 is 1.36 bits per heavy atom. The predicted octanol–water partition coefficient (Wildman–Crippen LogP) is 1.82. The van der Waals surface area contributed by atoms with Crippen molar-refractivity contribution in [2.24, 2.45) is 10.8 Å². The van der Waals surface area contributed by atoms with Crippen LogP contribution in [0.2, 0.25) is 0 Å². The third kappa shape index (κ3) is 1.35. The number of rotatable bonds is 1. The molecule has 1 unspecified atom stereocenters. The second-order valence-corrected chi connectivity index (χ2v) is 5.20. The molecule has 1 fully saturated rings. The Balaban J connectivity index is 3.07. The van der Waals surface area contributed by atoms with Crippen LogP contribution in [0.3, 0.4) is 0 Å². The molecular weight excluding hydrogens is 178 g/mol. The fourth-order valence-corrected chi connectivity index (χ4v) is 1.79. The molecule has 1 aliphatic rings. The standard InChI is InChI=1S/C11H19NO2/c1-6-12-8(13)7-11(5,9(12)14)10(2,3)4/h6-7H2,1-5H3. The minimum atomic E-state index is -0.528. The van der Waals surface area contributed by atoms with Crippen molar-refractivity contribution in [1.82, 2.24) is 4.90 Å². The van der Waals surface area contributed by atoms with Crippen LogP contribution in [0.1, 0.15) is 41.0 Å². The van der Waals surface area contributed by atoms with Gasteiger partial charge in [0.25, 0.3) is 0 Å². The van der Waals surface area contributed by atoms with E-state index in [4.69, 9.17) is 0 Å². The van der Waals surface area contributed by atoms with E-state index in [2.05, 4.69) is 0 Å². The van der Waals surface area contributed by atoms with Crippen LogP contribution in [-0.2, 0) is 9.59 Å². The summed E-state index contributed by atoms with van der Waals surface area (Å²) in [6.07, 6.45) is 0.350. The summed E-state index contributed by atoms with van der Waals surface area (Å²) in [6.45, 7) is 10.3. The van der Waals surface area contributed by atoms with E-state index in [1.54, 1.807) is 0 Å². The van der Waals surface area contributed by atoms with Gasteiger partial charge >= 0.3 is 0 Å². The molecule has 1 aliphatic heterocycles. The molecule has 3 heteroatoms. The highest BCUT2D eigenvalue weighted by molar-refractivity contribution is 6.06. The number of likely N-dealkylation sites (tertiary alicyclic amines) is 1. The zero-order valence-corrected chi connectivity index (χ0v) is 9.68. The largest absolute Gasteiger partial charge is 0.282 e. The van der Waals surface area contributed by atoms with Crippen LogP contribution in [0.15, 0.2) is 0 Å². The molecular formula is C11H19NO2. The Labute approximate surface area is 85.5 Å². The first-order valence-corrected chi connectivity index (χ1v) is 5.09. The molecule has 1 heterocycles. The van der Waals surface area contributed by atoms with E-state index in [9.17, 15) is 9.59 Å². The fraction of sp³-hybridized carbons (Fsp3) is 0.818. The van der Waals surface area contributed by atoms with Gasteiger partial charge in [0.15, 0.2) is 0 Å². The average molecular weight is 197 g/mol. The fourth-order valence-electron chi connectivity index (χ4n) is 1.79. The molecule has 0 radical (unpaired) electrons. The van der Waals surface area contributed by atoms with Gasteiger partial charge in [0, 0.05) is 13.0 Å². The molecule has 0 aromatic carbocycles. The molecule has 0 aliphatic carbocycles. The number of hydrogen-bond acceptors (Lipinski definition) is 2. The van der Waals surface area contributed by atoms with Crippen molar-refractivity contribution in [2.75, 3.05) is 6.54 Å². The molecule has 14 heavy (non-hydrogen) atoms. The highest BCUT2D eigenvalue weighted by atomic mass is 16.2. The van der Waals surface area contributed by atoms with E-state index in [0.29, 0.717) is 13.0 Å². The molecule has 3 nitrogen and oxygen atoms in total. The molecule has 1 rings (SSSR count). The number of imide groups is 1. The van der Waals surface area contributed by atoms with E-state index >= 15 is 0 Å². The summed E-state index contributed by atoms with van der Waals surface area (Å²) < 4.78 is 0. The lowest BCUT2D eigenvalue weighted by molar-refractivity contribution is -0.143. The van der Waals surface area contributed by atoms with E-state index in [-0.39, 0.29) is 17.2 Å². The summed E-state index contributed by atoms with van der Waals surface area (Å²) in [7, 11) is 0. The zero-order chi connectivity index (χ0) is 11.1. The van der Waals surface area contributed by atoms with Gasteiger partial charge in [0.2, 0.25) is 11.8 Å². The van der Waals surface area contributed by atoms with E-state index in [1.807, 2.05) is 34.6 Å².